The van der Waals surface area contributed by atoms with E-state index in [1.54, 1.807) is 0 Å². The van der Waals surface area contributed by atoms with E-state index < -0.39 is 0 Å². The molecule has 0 radical (unpaired) electrons. The molecular formula is C24H31N3O2. The quantitative estimate of drug-likeness (QED) is 0.776. The van der Waals surface area contributed by atoms with Gasteiger partial charge in [-0.05, 0) is 50.2 Å². The second kappa shape index (κ2) is 8.52. The van der Waals surface area contributed by atoms with Crippen molar-refractivity contribution in [1.82, 2.24) is 14.8 Å². The monoisotopic (exact) mass is 393 g/mol. The maximum Gasteiger partial charge on any atom is 0.254 e. The van der Waals surface area contributed by atoms with Gasteiger partial charge in [0.2, 0.25) is 5.91 Å². The lowest BCUT2D eigenvalue weighted by molar-refractivity contribution is -0.135. The number of rotatable bonds is 5. The van der Waals surface area contributed by atoms with Gasteiger partial charge in [0, 0.05) is 43.7 Å². The topological polar surface area (TPSA) is 53.5 Å². The van der Waals surface area contributed by atoms with Gasteiger partial charge < -0.3 is 9.80 Å². The molecule has 0 atom stereocenters. The minimum atomic E-state index is 0.0424. The first-order chi connectivity index (χ1) is 14.1. The van der Waals surface area contributed by atoms with Crippen molar-refractivity contribution in [1.29, 1.82) is 0 Å². The fraction of sp³-hybridized carbons (Fsp3) is 0.542. The highest BCUT2D eigenvalue weighted by Crippen LogP contribution is 2.32. The summed E-state index contributed by atoms with van der Waals surface area (Å²) in [5.41, 5.74) is 4.01. The summed E-state index contributed by atoms with van der Waals surface area (Å²) in [7, 11) is 1.90. The standard InChI is InChI=1S/C24H31N3O2/c1-3-4-14-26(2)23(28)17-12-15-27(16-13-17)24(29)22-18-8-5-6-10-20(18)25-21-11-7-9-19(21)22/h5-6,8,10,17H,3-4,7,9,11-16H2,1-2H3. The first-order valence-electron chi connectivity index (χ1n) is 11.0. The number of amides is 2. The molecule has 5 heteroatoms. The Hall–Kier alpha value is -2.43. The van der Waals surface area contributed by atoms with Crippen molar-refractivity contribution in [3.05, 3.63) is 41.1 Å². The average Bonchev–Trinajstić information content (AvgIpc) is 3.23. The molecule has 5 nitrogen and oxygen atoms in total. The third-order valence-electron chi connectivity index (χ3n) is 6.49. The minimum absolute atomic E-state index is 0.0424. The molecule has 2 amide bonds. The van der Waals surface area contributed by atoms with E-state index in [-0.39, 0.29) is 17.7 Å². The molecule has 1 aromatic carbocycles. The second-order valence-corrected chi connectivity index (χ2v) is 8.46. The Balaban J connectivity index is 1.51. The van der Waals surface area contributed by atoms with Crippen LogP contribution in [0.5, 0.6) is 0 Å². The second-order valence-electron chi connectivity index (χ2n) is 8.46. The Kier molecular flexibility index (Phi) is 5.84. The van der Waals surface area contributed by atoms with Crippen molar-refractivity contribution in [2.75, 3.05) is 26.7 Å². The van der Waals surface area contributed by atoms with Crippen molar-refractivity contribution in [2.24, 2.45) is 5.92 Å². The summed E-state index contributed by atoms with van der Waals surface area (Å²) in [6.45, 7) is 4.27. The number of carbonyl (C=O) groups is 2. The average molecular weight is 394 g/mol. The van der Waals surface area contributed by atoms with Crippen molar-refractivity contribution >= 4 is 22.7 Å². The molecule has 0 unspecified atom stereocenters. The number of nitrogens with zero attached hydrogens (tertiary/aromatic N) is 3. The van der Waals surface area contributed by atoms with Gasteiger partial charge in [-0.2, -0.15) is 0 Å². The third kappa shape index (κ3) is 3.87. The zero-order valence-corrected chi connectivity index (χ0v) is 17.6. The normalized spacial score (nSPS) is 16.8. The molecular weight excluding hydrogens is 362 g/mol. The van der Waals surface area contributed by atoms with Gasteiger partial charge in [0.15, 0.2) is 0 Å². The summed E-state index contributed by atoms with van der Waals surface area (Å²) in [6, 6.07) is 7.99. The lowest BCUT2D eigenvalue weighted by Gasteiger charge is -2.33. The Bertz CT molecular complexity index is 916. The van der Waals surface area contributed by atoms with Crippen LogP contribution in [0.3, 0.4) is 0 Å². The van der Waals surface area contributed by atoms with Crippen LogP contribution >= 0.6 is 0 Å². The van der Waals surface area contributed by atoms with Crippen LogP contribution in [-0.4, -0.2) is 53.3 Å². The Morgan fingerprint density at radius 1 is 1.17 bits per heavy atom. The summed E-state index contributed by atoms with van der Waals surface area (Å²) in [5.74, 6) is 0.397. The number of hydrogen-bond donors (Lipinski definition) is 0. The molecule has 1 aliphatic heterocycles. The summed E-state index contributed by atoms with van der Waals surface area (Å²) in [6.07, 6.45) is 6.61. The predicted octanol–water partition coefficient (Wildman–Crippen LogP) is 3.83. The van der Waals surface area contributed by atoms with Crippen LogP contribution in [0.4, 0.5) is 0 Å². The van der Waals surface area contributed by atoms with Gasteiger partial charge in [0.25, 0.3) is 5.91 Å². The highest BCUT2D eigenvalue weighted by Gasteiger charge is 2.32. The SMILES string of the molecule is CCCCN(C)C(=O)C1CCN(C(=O)c2c3c(nc4ccccc24)CCC3)CC1. The van der Waals surface area contributed by atoms with Crippen LogP contribution in [0.2, 0.25) is 0 Å². The molecule has 0 saturated carbocycles. The lowest BCUT2D eigenvalue weighted by atomic mass is 9.93. The molecule has 2 heterocycles. The number of para-hydroxylation sites is 1. The van der Waals surface area contributed by atoms with Crippen molar-refractivity contribution in [3.8, 4) is 0 Å². The fourth-order valence-corrected chi connectivity index (χ4v) is 4.76. The smallest absolute Gasteiger partial charge is 0.254 e. The predicted molar refractivity (Wildman–Crippen MR) is 115 cm³/mol. The third-order valence-corrected chi connectivity index (χ3v) is 6.49. The van der Waals surface area contributed by atoms with E-state index in [0.29, 0.717) is 13.1 Å². The van der Waals surface area contributed by atoms with Gasteiger partial charge in [-0.25, -0.2) is 0 Å². The largest absolute Gasteiger partial charge is 0.346 e. The molecule has 0 N–H and O–H groups in total. The van der Waals surface area contributed by atoms with E-state index in [9.17, 15) is 9.59 Å². The van der Waals surface area contributed by atoms with E-state index in [1.165, 1.54) is 0 Å². The molecule has 1 saturated heterocycles. The summed E-state index contributed by atoms with van der Waals surface area (Å²) in [4.78, 5) is 34.8. The Morgan fingerprint density at radius 2 is 1.93 bits per heavy atom. The maximum atomic E-state index is 13.5. The van der Waals surface area contributed by atoms with Gasteiger partial charge >= 0.3 is 0 Å². The number of likely N-dealkylation sites (tertiary alicyclic amines) is 1. The Labute approximate surface area is 173 Å². The van der Waals surface area contributed by atoms with Crippen LogP contribution in [0, 0.1) is 5.92 Å². The molecule has 29 heavy (non-hydrogen) atoms. The van der Waals surface area contributed by atoms with Crippen molar-refractivity contribution < 1.29 is 9.59 Å². The number of aromatic nitrogens is 1. The molecule has 0 spiro atoms. The van der Waals surface area contributed by atoms with Crippen LogP contribution in [0.25, 0.3) is 10.9 Å². The van der Waals surface area contributed by atoms with E-state index in [1.807, 2.05) is 41.1 Å². The van der Waals surface area contributed by atoms with Crippen LogP contribution < -0.4 is 0 Å². The van der Waals surface area contributed by atoms with E-state index >= 15 is 0 Å². The van der Waals surface area contributed by atoms with E-state index in [4.69, 9.17) is 4.98 Å². The van der Waals surface area contributed by atoms with Crippen LogP contribution in [0.15, 0.2) is 24.3 Å². The molecule has 1 fully saturated rings. The number of carbonyl (C=O) groups excluding carboxylic acids is 2. The van der Waals surface area contributed by atoms with Crippen molar-refractivity contribution in [3.63, 3.8) is 0 Å². The first kappa shape index (κ1) is 19.9. The zero-order valence-electron chi connectivity index (χ0n) is 17.6. The van der Waals surface area contributed by atoms with Gasteiger partial charge in [-0.1, -0.05) is 31.5 Å². The van der Waals surface area contributed by atoms with Crippen molar-refractivity contribution in [2.45, 2.75) is 51.9 Å². The zero-order chi connectivity index (χ0) is 20.4. The number of hydrogen-bond acceptors (Lipinski definition) is 3. The van der Waals surface area contributed by atoms with E-state index in [2.05, 4.69) is 6.92 Å². The number of aryl methyl sites for hydroxylation is 1. The van der Waals surface area contributed by atoms with Gasteiger partial charge in [0.05, 0.1) is 11.1 Å². The first-order valence-corrected chi connectivity index (χ1v) is 11.0. The molecule has 154 valence electrons. The van der Waals surface area contributed by atoms with Gasteiger partial charge in [-0.15, -0.1) is 0 Å². The van der Waals surface area contributed by atoms with E-state index in [0.717, 1.165) is 79.2 Å². The van der Waals surface area contributed by atoms with Gasteiger partial charge in [0.1, 0.15) is 0 Å². The molecule has 0 bridgehead atoms. The summed E-state index contributed by atoms with van der Waals surface area (Å²) in [5, 5.41) is 0.968. The number of unbranched alkanes of at least 4 members (excludes halogenated alkanes) is 1. The number of piperidine rings is 1. The molecule has 1 aliphatic carbocycles. The Morgan fingerprint density at radius 3 is 2.69 bits per heavy atom. The van der Waals surface area contributed by atoms with Crippen LogP contribution in [0.1, 0.15) is 60.6 Å². The highest BCUT2D eigenvalue weighted by atomic mass is 16.2. The highest BCUT2D eigenvalue weighted by molar-refractivity contribution is 6.08. The summed E-state index contributed by atoms with van der Waals surface area (Å²) >= 11 is 0. The van der Waals surface area contributed by atoms with Crippen LogP contribution in [-0.2, 0) is 17.6 Å². The number of benzene rings is 1. The lowest BCUT2D eigenvalue weighted by Crippen LogP contribution is -2.44. The molecule has 4 rings (SSSR count). The fourth-order valence-electron chi connectivity index (χ4n) is 4.76. The summed E-state index contributed by atoms with van der Waals surface area (Å²) < 4.78 is 0. The molecule has 2 aliphatic rings. The molecule has 1 aromatic heterocycles. The number of fused-ring (bicyclic) bond motifs is 2. The van der Waals surface area contributed by atoms with Gasteiger partial charge in [-0.3, -0.25) is 14.6 Å². The minimum Gasteiger partial charge on any atom is -0.346 e. The molecule has 2 aromatic rings. The maximum absolute atomic E-state index is 13.5. The number of pyridine rings is 1.